The van der Waals surface area contributed by atoms with Crippen LogP contribution >= 0.6 is 11.9 Å². The molecule has 1 aromatic rings. The van der Waals surface area contributed by atoms with E-state index in [-0.39, 0.29) is 11.7 Å². The van der Waals surface area contributed by atoms with Crippen LogP contribution in [0.1, 0.15) is 24.2 Å². The molecule has 0 amide bonds. The van der Waals surface area contributed by atoms with E-state index in [2.05, 4.69) is 0 Å². The van der Waals surface area contributed by atoms with Gasteiger partial charge in [0.25, 0.3) is 0 Å². The van der Waals surface area contributed by atoms with Crippen molar-refractivity contribution in [2.24, 2.45) is 0 Å². The Kier molecular flexibility index (Phi) is 4.69. The van der Waals surface area contributed by atoms with Crippen LogP contribution in [0.15, 0.2) is 18.2 Å². The van der Waals surface area contributed by atoms with Gasteiger partial charge < -0.3 is 14.1 Å². The number of carbonyl (C=O) groups is 1. The van der Waals surface area contributed by atoms with Gasteiger partial charge in [-0.2, -0.15) is 0 Å². The summed E-state index contributed by atoms with van der Waals surface area (Å²) in [6.07, 6.45) is 1.95. The Morgan fingerprint density at radius 2 is 2.06 bits per heavy atom. The average Bonchev–Trinajstić information content (AvgIpc) is 2.26. The second kappa shape index (κ2) is 5.82. The maximum Gasteiger partial charge on any atom is 0.335 e. The third-order valence-corrected chi connectivity index (χ3v) is 2.91. The Balaban J connectivity index is 3.13. The molecule has 4 nitrogen and oxygen atoms in total. The second-order valence-electron chi connectivity index (χ2n) is 3.87. The SMILES string of the molecule is CSN(C)c1cc(OC(C)C)cc(C(=O)O)c1. The number of anilines is 1. The highest BCUT2D eigenvalue weighted by molar-refractivity contribution is 7.99. The molecule has 0 aliphatic rings. The fourth-order valence-electron chi connectivity index (χ4n) is 1.33. The van der Waals surface area contributed by atoms with E-state index in [1.165, 1.54) is 11.9 Å². The van der Waals surface area contributed by atoms with Crippen LogP contribution in [0.2, 0.25) is 0 Å². The summed E-state index contributed by atoms with van der Waals surface area (Å²) in [5.74, 6) is -0.370. The topological polar surface area (TPSA) is 49.8 Å². The molecule has 0 bridgehead atoms. The second-order valence-corrected chi connectivity index (χ2v) is 4.78. The number of benzene rings is 1. The minimum Gasteiger partial charge on any atom is -0.491 e. The van der Waals surface area contributed by atoms with Gasteiger partial charge in [0.1, 0.15) is 5.75 Å². The molecule has 0 aromatic heterocycles. The van der Waals surface area contributed by atoms with Crippen LogP contribution in [0.4, 0.5) is 5.69 Å². The van der Waals surface area contributed by atoms with Gasteiger partial charge in [0.15, 0.2) is 0 Å². The summed E-state index contributed by atoms with van der Waals surface area (Å²) < 4.78 is 7.43. The molecular formula is C12H17NO3S. The molecule has 0 heterocycles. The van der Waals surface area contributed by atoms with Crippen molar-refractivity contribution >= 4 is 23.6 Å². The van der Waals surface area contributed by atoms with Gasteiger partial charge in [-0.25, -0.2) is 4.79 Å². The minimum atomic E-state index is -0.949. The van der Waals surface area contributed by atoms with Crippen LogP contribution in [0.3, 0.4) is 0 Å². The fraction of sp³-hybridized carbons (Fsp3) is 0.417. The average molecular weight is 255 g/mol. The van der Waals surface area contributed by atoms with E-state index >= 15 is 0 Å². The molecule has 0 saturated heterocycles. The molecule has 94 valence electrons. The number of ether oxygens (including phenoxy) is 1. The summed E-state index contributed by atoms with van der Waals surface area (Å²) in [4.78, 5) is 11.0. The van der Waals surface area contributed by atoms with E-state index < -0.39 is 5.97 Å². The van der Waals surface area contributed by atoms with Gasteiger partial charge >= 0.3 is 5.97 Å². The van der Waals surface area contributed by atoms with Crippen molar-refractivity contribution in [2.45, 2.75) is 20.0 Å². The Morgan fingerprint density at radius 3 is 2.53 bits per heavy atom. The van der Waals surface area contributed by atoms with E-state index in [1.807, 2.05) is 37.5 Å². The molecule has 0 saturated carbocycles. The van der Waals surface area contributed by atoms with Gasteiger partial charge in [-0.1, -0.05) is 11.9 Å². The maximum atomic E-state index is 11.0. The van der Waals surface area contributed by atoms with Gasteiger partial charge in [-0.15, -0.1) is 0 Å². The lowest BCUT2D eigenvalue weighted by molar-refractivity contribution is 0.0696. The lowest BCUT2D eigenvalue weighted by Crippen LogP contribution is -2.10. The first-order chi connectivity index (χ1) is 7.93. The minimum absolute atomic E-state index is 0.0199. The van der Waals surface area contributed by atoms with Crippen molar-refractivity contribution in [2.75, 3.05) is 17.6 Å². The van der Waals surface area contributed by atoms with Crippen LogP contribution in [-0.4, -0.2) is 30.5 Å². The van der Waals surface area contributed by atoms with Crippen molar-refractivity contribution in [3.63, 3.8) is 0 Å². The van der Waals surface area contributed by atoms with Crippen LogP contribution in [0.25, 0.3) is 0 Å². The highest BCUT2D eigenvalue weighted by Crippen LogP contribution is 2.27. The maximum absolute atomic E-state index is 11.0. The first-order valence-corrected chi connectivity index (χ1v) is 6.45. The van der Waals surface area contributed by atoms with E-state index in [9.17, 15) is 4.79 Å². The normalized spacial score (nSPS) is 10.4. The quantitative estimate of drug-likeness (QED) is 0.820. The van der Waals surface area contributed by atoms with Gasteiger partial charge in [-0.3, -0.25) is 0 Å². The molecule has 0 radical (unpaired) electrons. The molecule has 0 aliphatic carbocycles. The predicted octanol–water partition coefficient (Wildman–Crippen LogP) is 2.89. The Morgan fingerprint density at radius 1 is 1.41 bits per heavy atom. The van der Waals surface area contributed by atoms with Gasteiger partial charge in [0.05, 0.1) is 17.4 Å². The summed E-state index contributed by atoms with van der Waals surface area (Å²) in [6.45, 7) is 3.82. The zero-order chi connectivity index (χ0) is 13.0. The van der Waals surface area contributed by atoms with E-state index in [4.69, 9.17) is 9.84 Å². The van der Waals surface area contributed by atoms with Gasteiger partial charge in [-0.05, 0) is 26.0 Å². The highest BCUT2D eigenvalue weighted by Gasteiger charge is 2.11. The van der Waals surface area contributed by atoms with Crippen molar-refractivity contribution < 1.29 is 14.6 Å². The zero-order valence-corrected chi connectivity index (χ0v) is 11.2. The Hall–Kier alpha value is -1.36. The third kappa shape index (κ3) is 3.85. The molecule has 1 rings (SSSR count). The van der Waals surface area contributed by atoms with Crippen molar-refractivity contribution in [1.82, 2.24) is 0 Å². The third-order valence-electron chi connectivity index (χ3n) is 2.15. The molecule has 1 aromatic carbocycles. The van der Waals surface area contributed by atoms with Crippen molar-refractivity contribution in [3.8, 4) is 5.75 Å². The summed E-state index contributed by atoms with van der Waals surface area (Å²) in [7, 11) is 1.88. The number of carboxylic acid groups (broad SMARTS) is 1. The highest BCUT2D eigenvalue weighted by atomic mass is 32.2. The summed E-state index contributed by atoms with van der Waals surface area (Å²) >= 11 is 1.51. The van der Waals surface area contributed by atoms with Crippen molar-refractivity contribution in [1.29, 1.82) is 0 Å². The molecule has 0 aliphatic heterocycles. The predicted molar refractivity (Wildman–Crippen MR) is 71.1 cm³/mol. The summed E-state index contributed by atoms with van der Waals surface area (Å²) in [6, 6.07) is 5.01. The molecule has 0 atom stereocenters. The van der Waals surface area contributed by atoms with Crippen LogP contribution in [0, 0.1) is 0 Å². The number of hydrogen-bond acceptors (Lipinski definition) is 4. The van der Waals surface area contributed by atoms with Crippen LogP contribution in [0.5, 0.6) is 5.75 Å². The number of aromatic carboxylic acids is 1. The molecule has 0 fully saturated rings. The van der Waals surface area contributed by atoms with Gasteiger partial charge in [0, 0.05) is 19.4 Å². The van der Waals surface area contributed by atoms with Crippen LogP contribution < -0.4 is 9.04 Å². The largest absolute Gasteiger partial charge is 0.491 e. The first kappa shape index (κ1) is 13.7. The molecule has 0 unspecified atom stereocenters. The molecule has 17 heavy (non-hydrogen) atoms. The van der Waals surface area contributed by atoms with Crippen molar-refractivity contribution in [3.05, 3.63) is 23.8 Å². The first-order valence-electron chi connectivity index (χ1n) is 5.27. The smallest absolute Gasteiger partial charge is 0.335 e. The number of rotatable bonds is 5. The summed E-state index contributed by atoms with van der Waals surface area (Å²) in [5, 5.41) is 9.04. The monoisotopic (exact) mass is 255 g/mol. The lowest BCUT2D eigenvalue weighted by atomic mass is 10.2. The fourth-order valence-corrected chi connectivity index (χ4v) is 1.65. The van der Waals surface area contributed by atoms with Gasteiger partial charge in [0.2, 0.25) is 0 Å². The Bertz CT molecular complexity index is 407. The number of carboxylic acids is 1. The molecule has 5 heteroatoms. The molecular weight excluding hydrogens is 238 g/mol. The van der Waals surface area contributed by atoms with E-state index in [0.717, 1.165) is 5.69 Å². The lowest BCUT2D eigenvalue weighted by Gasteiger charge is -2.18. The standard InChI is InChI=1S/C12H17NO3S/c1-8(2)16-11-6-9(12(14)15)5-10(7-11)13(3)17-4/h5-8H,1-4H3,(H,14,15). The molecule has 0 spiro atoms. The van der Waals surface area contributed by atoms with Crippen LogP contribution in [-0.2, 0) is 0 Å². The molecule has 1 N–H and O–H groups in total. The number of hydrogen-bond donors (Lipinski definition) is 1. The van der Waals surface area contributed by atoms with E-state index in [1.54, 1.807) is 12.1 Å². The zero-order valence-electron chi connectivity index (χ0n) is 10.4. The summed E-state index contributed by atoms with van der Waals surface area (Å²) in [5.41, 5.74) is 1.05. The Labute approximate surface area is 106 Å². The number of nitrogens with zero attached hydrogens (tertiary/aromatic N) is 1. The van der Waals surface area contributed by atoms with E-state index in [0.29, 0.717) is 5.75 Å².